The van der Waals surface area contributed by atoms with Gasteiger partial charge in [-0.25, -0.2) is 0 Å². The number of likely N-dealkylation sites (N-methyl/N-ethyl adjacent to an activating group) is 1. The highest BCUT2D eigenvalue weighted by molar-refractivity contribution is 6.33. The van der Waals surface area contributed by atoms with Crippen LogP contribution < -0.4 is 4.74 Å². The first-order chi connectivity index (χ1) is 8.63. The predicted octanol–water partition coefficient (Wildman–Crippen LogP) is 2.40. The molecule has 0 heterocycles. The molecule has 1 amide bonds. The fourth-order valence-electron chi connectivity index (χ4n) is 1.56. The molecule has 4 nitrogen and oxygen atoms in total. The molecule has 0 aliphatic heterocycles. The zero-order valence-corrected chi connectivity index (χ0v) is 11.2. The summed E-state index contributed by atoms with van der Waals surface area (Å²) < 4.78 is 5.35. The number of amides is 1. The van der Waals surface area contributed by atoms with Gasteiger partial charge in [0, 0.05) is 13.1 Å². The van der Waals surface area contributed by atoms with Crippen LogP contribution >= 0.6 is 11.6 Å². The predicted molar refractivity (Wildman–Crippen MR) is 70.3 cm³/mol. The molecule has 0 aliphatic carbocycles. The van der Waals surface area contributed by atoms with Crippen LogP contribution in [-0.4, -0.2) is 36.8 Å². The number of halogens is 1. The summed E-state index contributed by atoms with van der Waals surface area (Å²) in [5.41, 5.74) is 0.270. The van der Waals surface area contributed by atoms with E-state index < -0.39 is 0 Å². The van der Waals surface area contributed by atoms with Gasteiger partial charge in [-0.2, -0.15) is 0 Å². The lowest BCUT2D eigenvalue weighted by molar-refractivity contribution is -0.132. The molecule has 0 aromatic heterocycles. The molecule has 0 aliphatic rings. The number of hydrogen-bond acceptors (Lipinski definition) is 3. The van der Waals surface area contributed by atoms with E-state index in [1.54, 1.807) is 23.1 Å². The lowest BCUT2D eigenvalue weighted by atomic mass is 10.2. The molecule has 98 valence electrons. The van der Waals surface area contributed by atoms with Gasteiger partial charge < -0.3 is 9.64 Å². The van der Waals surface area contributed by atoms with Crippen LogP contribution in [0.4, 0.5) is 0 Å². The van der Waals surface area contributed by atoms with Gasteiger partial charge in [0.1, 0.15) is 5.75 Å². The number of carbonyl (C=O) groups is 2. The lowest BCUT2D eigenvalue weighted by Gasteiger charge is -2.19. The van der Waals surface area contributed by atoms with Gasteiger partial charge in [0.15, 0.2) is 12.9 Å². The Balaban J connectivity index is 2.72. The van der Waals surface area contributed by atoms with Crippen molar-refractivity contribution in [1.29, 1.82) is 0 Å². The van der Waals surface area contributed by atoms with E-state index in [-0.39, 0.29) is 18.1 Å². The second-order valence-electron chi connectivity index (χ2n) is 3.62. The van der Waals surface area contributed by atoms with E-state index in [0.717, 1.165) is 0 Å². The summed E-state index contributed by atoms with van der Waals surface area (Å²) in [5.74, 6) is 0.217. The molecule has 1 aromatic carbocycles. The topological polar surface area (TPSA) is 46.6 Å². The van der Waals surface area contributed by atoms with Crippen LogP contribution in [0.3, 0.4) is 0 Å². The highest BCUT2D eigenvalue weighted by Gasteiger charge is 2.12. The van der Waals surface area contributed by atoms with E-state index in [9.17, 15) is 9.59 Å². The minimum absolute atomic E-state index is 0.0944. The van der Waals surface area contributed by atoms with Crippen molar-refractivity contribution in [3.8, 4) is 5.75 Å². The highest BCUT2D eigenvalue weighted by atomic mass is 35.5. The summed E-state index contributed by atoms with van der Waals surface area (Å²) >= 11 is 5.86. The van der Waals surface area contributed by atoms with E-state index in [2.05, 4.69) is 0 Å². The highest BCUT2D eigenvalue weighted by Crippen LogP contribution is 2.24. The first-order valence-electron chi connectivity index (χ1n) is 5.78. The van der Waals surface area contributed by atoms with Crippen molar-refractivity contribution in [2.24, 2.45) is 0 Å². The summed E-state index contributed by atoms with van der Waals surface area (Å²) in [4.78, 5) is 24.3. The summed E-state index contributed by atoms with van der Waals surface area (Å²) in [6.07, 6.45) is 0.625. The number of ether oxygens (including phenoxy) is 1. The molecule has 5 heteroatoms. The fraction of sp³-hybridized carbons (Fsp3) is 0.385. The molecule has 0 unspecified atom stereocenters. The van der Waals surface area contributed by atoms with Crippen LogP contribution in [0, 0.1) is 0 Å². The van der Waals surface area contributed by atoms with Gasteiger partial charge in [-0.05, 0) is 26.0 Å². The van der Waals surface area contributed by atoms with Crippen molar-refractivity contribution < 1.29 is 14.3 Å². The normalized spacial score (nSPS) is 9.94. The Hall–Kier alpha value is -1.55. The first kappa shape index (κ1) is 14.5. The summed E-state index contributed by atoms with van der Waals surface area (Å²) in [7, 11) is 0. The van der Waals surface area contributed by atoms with Crippen LogP contribution in [0.15, 0.2) is 18.2 Å². The lowest BCUT2D eigenvalue weighted by Crippen LogP contribution is -2.34. The van der Waals surface area contributed by atoms with Crippen molar-refractivity contribution in [1.82, 2.24) is 4.90 Å². The zero-order valence-electron chi connectivity index (χ0n) is 10.5. The van der Waals surface area contributed by atoms with Crippen molar-refractivity contribution in [2.45, 2.75) is 13.8 Å². The number of nitrogens with zero attached hydrogens (tertiary/aromatic N) is 1. The number of rotatable bonds is 6. The second kappa shape index (κ2) is 7.01. The van der Waals surface area contributed by atoms with E-state index in [4.69, 9.17) is 16.3 Å². The van der Waals surface area contributed by atoms with Crippen LogP contribution in [0.25, 0.3) is 0 Å². The van der Waals surface area contributed by atoms with E-state index in [1.165, 1.54) is 0 Å². The summed E-state index contributed by atoms with van der Waals surface area (Å²) in [6, 6.07) is 4.89. The van der Waals surface area contributed by atoms with Crippen LogP contribution in [0.2, 0.25) is 5.02 Å². The second-order valence-corrected chi connectivity index (χ2v) is 4.03. The van der Waals surface area contributed by atoms with Gasteiger partial charge in [-0.1, -0.05) is 17.7 Å². The van der Waals surface area contributed by atoms with Gasteiger partial charge in [-0.3, -0.25) is 9.59 Å². The third-order valence-corrected chi connectivity index (χ3v) is 2.93. The molecular weight excluding hydrogens is 254 g/mol. The largest absolute Gasteiger partial charge is 0.483 e. The summed E-state index contributed by atoms with van der Waals surface area (Å²) in [5, 5.41) is 0.317. The third-order valence-electron chi connectivity index (χ3n) is 2.60. The maximum atomic E-state index is 11.7. The van der Waals surface area contributed by atoms with Gasteiger partial charge in [0.2, 0.25) is 0 Å². The maximum absolute atomic E-state index is 11.7. The molecule has 0 fully saturated rings. The van der Waals surface area contributed by atoms with Crippen molar-refractivity contribution in [3.05, 3.63) is 28.8 Å². The number of benzene rings is 1. The van der Waals surface area contributed by atoms with Crippen molar-refractivity contribution in [2.75, 3.05) is 19.7 Å². The Morgan fingerprint density at radius 3 is 2.61 bits per heavy atom. The molecule has 1 aromatic rings. The average molecular weight is 270 g/mol. The summed E-state index contributed by atoms with van der Waals surface area (Å²) in [6.45, 7) is 4.97. The Morgan fingerprint density at radius 2 is 2.06 bits per heavy atom. The minimum Gasteiger partial charge on any atom is -0.483 e. The molecule has 0 saturated heterocycles. The van der Waals surface area contributed by atoms with Crippen molar-refractivity contribution >= 4 is 23.8 Å². The molecule has 0 saturated carbocycles. The monoisotopic (exact) mass is 269 g/mol. The Bertz CT molecular complexity index is 430. The molecule has 18 heavy (non-hydrogen) atoms. The molecular formula is C13H16ClNO3. The van der Waals surface area contributed by atoms with Gasteiger partial charge in [-0.15, -0.1) is 0 Å². The van der Waals surface area contributed by atoms with Crippen LogP contribution in [-0.2, 0) is 4.79 Å². The van der Waals surface area contributed by atoms with E-state index >= 15 is 0 Å². The molecule has 0 N–H and O–H groups in total. The zero-order chi connectivity index (χ0) is 13.5. The fourth-order valence-corrected chi connectivity index (χ4v) is 1.77. The van der Waals surface area contributed by atoms with Crippen LogP contribution in [0.1, 0.15) is 24.2 Å². The van der Waals surface area contributed by atoms with Gasteiger partial charge >= 0.3 is 0 Å². The van der Waals surface area contributed by atoms with Gasteiger partial charge in [0.05, 0.1) is 10.6 Å². The molecule has 0 bridgehead atoms. The van der Waals surface area contributed by atoms with Crippen LogP contribution in [0.5, 0.6) is 5.75 Å². The minimum atomic E-state index is -0.114. The Labute approximate surface area is 111 Å². The number of carbonyl (C=O) groups excluding carboxylic acids is 2. The Morgan fingerprint density at radius 1 is 1.39 bits per heavy atom. The number of aldehydes is 1. The third kappa shape index (κ3) is 3.47. The molecule has 0 radical (unpaired) electrons. The Kier molecular flexibility index (Phi) is 5.65. The molecule has 0 spiro atoms. The molecule has 1 rings (SSSR count). The van der Waals surface area contributed by atoms with E-state index in [0.29, 0.717) is 30.1 Å². The quantitative estimate of drug-likeness (QED) is 0.745. The molecule has 0 atom stereocenters. The maximum Gasteiger partial charge on any atom is 0.260 e. The first-order valence-corrected chi connectivity index (χ1v) is 6.16. The number of hydrogen-bond donors (Lipinski definition) is 0. The average Bonchev–Trinajstić information content (AvgIpc) is 2.37. The standard InChI is InChI=1S/C13H16ClNO3/c1-3-15(4-2)13(17)9-18-12-7-5-6-11(14)10(12)8-16/h5-8H,3-4,9H2,1-2H3. The smallest absolute Gasteiger partial charge is 0.260 e. The van der Waals surface area contributed by atoms with Crippen molar-refractivity contribution in [3.63, 3.8) is 0 Å². The van der Waals surface area contributed by atoms with E-state index in [1.807, 2.05) is 13.8 Å². The SMILES string of the molecule is CCN(CC)C(=O)COc1cccc(Cl)c1C=O. The van der Waals surface area contributed by atoms with Gasteiger partial charge in [0.25, 0.3) is 5.91 Å².